The average molecular weight is 251 g/mol. The molecular formula is C14H25N3O. The van der Waals surface area contributed by atoms with Gasteiger partial charge in [-0.3, -0.25) is 4.68 Å². The van der Waals surface area contributed by atoms with E-state index in [1.165, 1.54) is 18.4 Å². The lowest BCUT2D eigenvalue weighted by atomic mass is 9.99. The third-order valence-corrected chi connectivity index (χ3v) is 3.72. The lowest BCUT2D eigenvalue weighted by Gasteiger charge is -2.26. The maximum atomic E-state index is 5.70. The molecule has 1 fully saturated rings. The summed E-state index contributed by atoms with van der Waals surface area (Å²) in [7, 11) is 3.81. The number of nitrogens with zero attached hydrogens (tertiary/aromatic N) is 2. The van der Waals surface area contributed by atoms with Crippen molar-refractivity contribution in [2.24, 2.45) is 13.0 Å². The Morgan fingerprint density at radius 1 is 1.56 bits per heavy atom. The molecule has 2 rings (SSSR count). The molecular weight excluding hydrogens is 226 g/mol. The van der Waals surface area contributed by atoms with Crippen LogP contribution in [0.25, 0.3) is 0 Å². The minimum Gasteiger partial charge on any atom is -0.380 e. The Morgan fingerprint density at radius 2 is 2.33 bits per heavy atom. The number of aromatic nitrogens is 2. The van der Waals surface area contributed by atoms with Crippen LogP contribution in [-0.4, -0.2) is 35.6 Å². The number of likely N-dealkylation sites (N-methyl/N-ethyl adjacent to an activating group) is 1. The first kappa shape index (κ1) is 13.6. The van der Waals surface area contributed by atoms with E-state index in [9.17, 15) is 0 Å². The van der Waals surface area contributed by atoms with Crippen molar-refractivity contribution in [2.75, 3.05) is 13.7 Å². The smallest absolute Gasteiger partial charge is 0.0752 e. The Hall–Kier alpha value is -0.870. The van der Waals surface area contributed by atoms with Crippen LogP contribution < -0.4 is 5.32 Å². The topological polar surface area (TPSA) is 39.1 Å². The van der Waals surface area contributed by atoms with Gasteiger partial charge in [-0.15, -0.1) is 0 Å². The van der Waals surface area contributed by atoms with Gasteiger partial charge in [-0.2, -0.15) is 5.10 Å². The zero-order chi connectivity index (χ0) is 13.0. The number of ether oxygens (including phenoxy) is 1. The van der Waals surface area contributed by atoms with Crippen molar-refractivity contribution in [3.63, 3.8) is 0 Å². The van der Waals surface area contributed by atoms with E-state index in [0.717, 1.165) is 25.3 Å². The molecule has 1 aliphatic carbocycles. The van der Waals surface area contributed by atoms with E-state index in [-0.39, 0.29) is 0 Å². The molecule has 4 nitrogen and oxygen atoms in total. The minimum absolute atomic E-state index is 0.377. The highest BCUT2D eigenvalue weighted by molar-refractivity contribution is 5.04. The number of hydrogen-bond acceptors (Lipinski definition) is 3. The minimum atomic E-state index is 0.377. The molecule has 2 atom stereocenters. The van der Waals surface area contributed by atoms with Crippen LogP contribution in [0.3, 0.4) is 0 Å². The van der Waals surface area contributed by atoms with Gasteiger partial charge in [0.15, 0.2) is 0 Å². The standard InChI is InChI=1S/C14H25N3O/c1-4-15-13(14(18-3)12-6-7-12)8-5-11-9-16-17(2)10-11/h9-10,12-15H,4-8H2,1-3H3. The molecule has 1 aromatic rings. The van der Waals surface area contributed by atoms with Gasteiger partial charge in [-0.1, -0.05) is 6.92 Å². The normalized spacial score (nSPS) is 18.8. The second-order valence-corrected chi connectivity index (χ2v) is 5.26. The zero-order valence-corrected chi connectivity index (χ0v) is 11.7. The molecule has 1 aliphatic rings. The van der Waals surface area contributed by atoms with Crippen LogP contribution in [0.1, 0.15) is 31.7 Å². The van der Waals surface area contributed by atoms with E-state index in [2.05, 4.69) is 23.5 Å². The van der Waals surface area contributed by atoms with Crippen LogP contribution in [0, 0.1) is 5.92 Å². The number of hydrogen-bond donors (Lipinski definition) is 1. The number of rotatable bonds is 8. The maximum absolute atomic E-state index is 5.70. The first-order chi connectivity index (χ1) is 8.74. The van der Waals surface area contributed by atoms with Crippen molar-refractivity contribution in [3.05, 3.63) is 18.0 Å². The summed E-state index contributed by atoms with van der Waals surface area (Å²) in [5.74, 6) is 0.771. The lowest BCUT2D eigenvalue weighted by molar-refractivity contribution is 0.0490. The van der Waals surface area contributed by atoms with Gasteiger partial charge in [0.25, 0.3) is 0 Å². The third-order valence-electron chi connectivity index (χ3n) is 3.72. The molecule has 0 spiro atoms. The molecule has 0 aliphatic heterocycles. The summed E-state index contributed by atoms with van der Waals surface area (Å²) in [5, 5.41) is 7.80. The quantitative estimate of drug-likeness (QED) is 0.765. The van der Waals surface area contributed by atoms with Gasteiger partial charge in [-0.05, 0) is 43.7 Å². The molecule has 102 valence electrons. The largest absolute Gasteiger partial charge is 0.380 e. The molecule has 0 bridgehead atoms. The van der Waals surface area contributed by atoms with Crippen molar-refractivity contribution in [1.29, 1.82) is 0 Å². The average Bonchev–Trinajstić information content (AvgIpc) is 3.10. The van der Waals surface area contributed by atoms with Gasteiger partial charge in [0.1, 0.15) is 0 Å². The third kappa shape index (κ3) is 3.56. The van der Waals surface area contributed by atoms with E-state index in [1.54, 1.807) is 0 Å². The summed E-state index contributed by atoms with van der Waals surface area (Å²) in [6, 6.07) is 0.465. The van der Waals surface area contributed by atoms with E-state index in [1.807, 2.05) is 25.0 Å². The summed E-state index contributed by atoms with van der Waals surface area (Å²) >= 11 is 0. The predicted octanol–water partition coefficient (Wildman–Crippen LogP) is 1.76. The van der Waals surface area contributed by atoms with Gasteiger partial charge in [-0.25, -0.2) is 0 Å². The molecule has 4 heteroatoms. The van der Waals surface area contributed by atoms with Crippen molar-refractivity contribution in [1.82, 2.24) is 15.1 Å². The molecule has 0 saturated heterocycles. The maximum Gasteiger partial charge on any atom is 0.0752 e. The number of methoxy groups -OCH3 is 1. The molecule has 0 radical (unpaired) electrons. The Morgan fingerprint density at radius 3 is 2.83 bits per heavy atom. The van der Waals surface area contributed by atoms with E-state index in [0.29, 0.717) is 12.1 Å². The zero-order valence-electron chi connectivity index (χ0n) is 11.7. The molecule has 0 aromatic carbocycles. The second kappa shape index (κ2) is 6.34. The van der Waals surface area contributed by atoms with Crippen LogP contribution in [-0.2, 0) is 18.2 Å². The van der Waals surface area contributed by atoms with Crippen LogP contribution >= 0.6 is 0 Å². The molecule has 1 N–H and O–H groups in total. The molecule has 0 amide bonds. The molecule has 1 aromatic heterocycles. The van der Waals surface area contributed by atoms with Crippen LogP contribution in [0.2, 0.25) is 0 Å². The van der Waals surface area contributed by atoms with Crippen molar-refractivity contribution in [2.45, 2.75) is 44.8 Å². The van der Waals surface area contributed by atoms with Gasteiger partial charge >= 0.3 is 0 Å². The lowest BCUT2D eigenvalue weighted by Crippen LogP contribution is -2.42. The van der Waals surface area contributed by atoms with E-state index in [4.69, 9.17) is 4.74 Å². The van der Waals surface area contributed by atoms with E-state index < -0.39 is 0 Å². The first-order valence-corrected chi connectivity index (χ1v) is 6.98. The highest BCUT2D eigenvalue weighted by Gasteiger charge is 2.36. The van der Waals surface area contributed by atoms with Crippen LogP contribution in [0.5, 0.6) is 0 Å². The van der Waals surface area contributed by atoms with Crippen LogP contribution in [0.15, 0.2) is 12.4 Å². The Bertz CT molecular complexity index is 360. The fourth-order valence-corrected chi connectivity index (χ4v) is 2.68. The highest BCUT2D eigenvalue weighted by atomic mass is 16.5. The summed E-state index contributed by atoms with van der Waals surface area (Å²) in [5.41, 5.74) is 1.31. The molecule has 2 unspecified atom stereocenters. The number of aryl methyl sites for hydroxylation is 2. The van der Waals surface area contributed by atoms with Crippen molar-refractivity contribution in [3.8, 4) is 0 Å². The Balaban J connectivity index is 1.88. The van der Waals surface area contributed by atoms with Crippen LogP contribution in [0.4, 0.5) is 0 Å². The summed E-state index contributed by atoms with van der Waals surface area (Å²) in [6.07, 6.45) is 9.28. The van der Waals surface area contributed by atoms with Crippen molar-refractivity contribution < 1.29 is 4.74 Å². The van der Waals surface area contributed by atoms with Gasteiger partial charge in [0.2, 0.25) is 0 Å². The summed E-state index contributed by atoms with van der Waals surface area (Å²) in [6.45, 7) is 3.17. The fourth-order valence-electron chi connectivity index (χ4n) is 2.68. The fraction of sp³-hybridized carbons (Fsp3) is 0.786. The van der Waals surface area contributed by atoms with E-state index >= 15 is 0 Å². The molecule has 1 saturated carbocycles. The van der Waals surface area contributed by atoms with Gasteiger partial charge in [0.05, 0.1) is 12.3 Å². The SMILES string of the molecule is CCNC(CCc1cnn(C)c1)C(OC)C1CC1. The monoisotopic (exact) mass is 251 g/mol. The predicted molar refractivity (Wildman–Crippen MR) is 72.5 cm³/mol. The highest BCUT2D eigenvalue weighted by Crippen LogP contribution is 2.36. The van der Waals surface area contributed by atoms with Crippen molar-refractivity contribution >= 4 is 0 Å². The van der Waals surface area contributed by atoms with Gasteiger partial charge < -0.3 is 10.1 Å². The molecule has 18 heavy (non-hydrogen) atoms. The first-order valence-electron chi connectivity index (χ1n) is 6.98. The second-order valence-electron chi connectivity index (χ2n) is 5.26. The van der Waals surface area contributed by atoms with Gasteiger partial charge in [0, 0.05) is 26.4 Å². The summed E-state index contributed by atoms with van der Waals surface area (Å²) in [4.78, 5) is 0. The number of nitrogens with one attached hydrogen (secondary N) is 1. The Kier molecular flexibility index (Phi) is 4.78. The Labute approximate surface area is 110 Å². The summed E-state index contributed by atoms with van der Waals surface area (Å²) < 4.78 is 7.57. The molecule has 1 heterocycles.